The molecule has 0 spiro atoms. The zero-order valence-corrected chi connectivity index (χ0v) is 11.6. The van der Waals surface area contributed by atoms with Crippen LogP contribution in [-0.4, -0.2) is 37.2 Å². The maximum atomic E-state index is 11.8. The van der Waals surface area contributed by atoms with Crippen LogP contribution >= 0.6 is 0 Å². The molecule has 2 atom stereocenters. The molecule has 104 valence electrons. The van der Waals surface area contributed by atoms with E-state index in [1.165, 1.54) is 7.11 Å². The van der Waals surface area contributed by atoms with Gasteiger partial charge in [0.15, 0.2) is 5.78 Å². The Hall–Kier alpha value is -1.10. The van der Waals surface area contributed by atoms with Gasteiger partial charge in [0.2, 0.25) is 0 Å². The third-order valence-electron chi connectivity index (χ3n) is 2.92. The van der Waals surface area contributed by atoms with Crippen LogP contribution in [0.15, 0.2) is 0 Å². The number of amides is 1. The number of ether oxygens (including phenoxy) is 2. The molecule has 1 fully saturated rings. The van der Waals surface area contributed by atoms with E-state index in [4.69, 9.17) is 9.47 Å². The third-order valence-corrected chi connectivity index (χ3v) is 2.92. The van der Waals surface area contributed by atoms with E-state index in [9.17, 15) is 9.59 Å². The van der Waals surface area contributed by atoms with Crippen LogP contribution in [0.5, 0.6) is 0 Å². The van der Waals surface area contributed by atoms with Gasteiger partial charge in [0.05, 0.1) is 0 Å². The number of nitrogens with one attached hydrogen (secondary N) is 1. The third kappa shape index (κ3) is 4.64. The van der Waals surface area contributed by atoms with Gasteiger partial charge >= 0.3 is 6.09 Å². The molecule has 1 aliphatic carbocycles. The molecule has 0 aromatic carbocycles. The number of carbonyl (C=O) groups excluding carboxylic acids is 2. The van der Waals surface area contributed by atoms with Crippen molar-refractivity contribution in [2.75, 3.05) is 13.7 Å². The first kappa shape index (κ1) is 15.0. The molecule has 0 bridgehead atoms. The second-order valence-corrected chi connectivity index (χ2v) is 5.69. The average Bonchev–Trinajstić information content (AvgIpc) is 2.62. The first-order valence-corrected chi connectivity index (χ1v) is 6.34. The summed E-state index contributed by atoms with van der Waals surface area (Å²) in [5.74, 6) is -0.0893. The van der Waals surface area contributed by atoms with Gasteiger partial charge in [-0.05, 0) is 33.6 Å². The molecule has 0 aromatic rings. The van der Waals surface area contributed by atoms with Crippen LogP contribution in [0.25, 0.3) is 0 Å². The summed E-state index contributed by atoms with van der Waals surface area (Å²) in [4.78, 5) is 23.5. The van der Waals surface area contributed by atoms with Crippen LogP contribution in [0.3, 0.4) is 0 Å². The Bertz CT molecular complexity index is 309. The Morgan fingerprint density at radius 2 is 1.94 bits per heavy atom. The van der Waals surface area contributed by atoms with Crippen molar-refractivity contribution in [2.45, 2.75) is 51.7 Å². The number of rotatable bonds is 4. The number of Topliss-reactive ketones (excluding diaryl/α,β-unsaturated/α-hetero) is 1. The molecule has 1 N–H and O–H groups in total. The average molecular weight is 257 g/mol. The van der Waals surface area contributed by atoms with Crippen LogP contribution < -0.4 is 5.32 Å². The number of ketones is 1. The van der Waals surface area contributed by atoms with Gasteiger partial charge in [0.1, 0.15) is 12.2 Å². The van der Waals surface area contributed by atoms with Gasteiger partial charge in [-0.2, -0.15) is 0 Å². The standard InChI is InChI=1S/C13H23NO4/c1-13(2,3)18-12(16)14-10-7-5-6-9(10)11(15)8-17-4/h9-10H,5-8H2,1-4H3,(H,14,16)/t9-,10+/m1/s1. The number of methoxy groups -OCH3 is 1. The lowest BCUT2D eigenvalue weighted by Crippen LogP contribution is -2.43. The van der Waals surface area contributed by atoms with E-state index in [1.807, 2.05) is 20.8 Å². The molecular formula is C13H23NO4. The zero-order valence-electron chi connectivity index (χ0n) is 11.6. The van der Waals surface area contributed by atoms with E-state index in [0.717, 1.165) is 19.3 Å². The fraction of sp³-hybridized carbons (Fsp3) is 0.846. The lowest BCUT2D eigenvalue weighted by atomic mass is 9.99. The molecule has 1 aliphatic rings. The van der Waals surface area contributed by atoms with Crippen molar-refractivity contribution in [1.29, 1.82) is 0 Å². The van der Waals surface area contributed by atoms with E-state index < -0.39 is 11.7 Å². The molecule has 0 saturated heterocycles. The van der Waals surface area contributed by atoms with E-state index in [1.54, 1.807) is 0 Å². The highest BCUT2D eigenvalue weighted by atomic mass is 16.6. The maximum absolute atomic E-state index is 11.8. The number of alkyl carbamates (subject to hydrolysis) is 1. The summed E-state index contributed by atoms with van der Waals surface area (Å²) >= 11 is 0. The summed E-state index contributed by atoms with van der Waals surface area (Å²) in [5.41, 5.74) is -0.519. The summed E-state index contributed by atoms with van der Waals surface area (Å²) in [7, 11) is 1.50. The molecule has 0 unspecified atom stereocenters. The Labute approximate surface area is 108 Å². The molecule has 1 saturated carbocycles. The van der Waals surface area contributed by atoms with Gasteiger partial charge < -0.3 is 14.8 Å². The topological polar surface area (TPSA) is 64.6 Å². The SMILES string of the molecule is COCC(=O)[C@@H]1CCC[C@@H]1NC(=O)OC(C)(C)C. The summed E-state index contributed by atoms with van der Waals surface area (Å²) in [6, 6.07) is -0.123. The largest absolute Gasteiger partial charge is 0.444 e. The maximum Gasteiger partial charge on any atom is 0.407 e. The minimum absolute atomic E-state index is 0.0519. The normalized spacial score (nSPS) is 23.8. The van der Waals surface area contributed by atoms with Crippen LogP contribution in [0.4, 0.5) is 4.79 Å². The van der Waals surface area contributed by atoms with E-state index >= 15 is 0 Å². The second-order valence-electron chi connectivity index (χ2n) is 5.69. The highest BCUT2D eigenvalue weighted by Gasteiger charge is 2.34. The first-order chi connectivity index (χ1) is 8.33. The van der Waals surface area contributed by atoms with Gasteiger partial charge in [-0.25, -0.2) is 4.79 Å². The minimum atomic E-state index is -0.519. The molecule has 5 heteroatoms. The van der Waals surface area contributed by atoms with Crippen LogP contribution in [0.1, 0.15) is 40.0 Å². The van der Waals surface area contributed by atoms with Crippen LogP contribution in [0, 0.1) is 5.92 Å². The lowest BCUT2D eigenvalue weighted by Gasteiger charge is -2.24. The molecule has 1 amide bonds. The molecule has 5 nitrogen and oxygen atoms in total. The molecule has 0 heterocycles. The number of hydrogen-bond donors (Lipinski definition) is 1. The first-order valence-electron chi connectivity index (χ1n) is 6.34. The monoisotopic (exact) mass is 257 g/mol. The number of carbonyl (C=O) groups is 2. The number of hydrogen-bond acceptors (Lipinski definition) is 4. The van der Waals surface area contributed by atoms with E-state index in [2.05, 4.69) is 5.32 Å². The highest BCUT2D eigenvalue weighted by molar-refractivity contribution is 5.84. The highest BCUT2D eigenvalue weighted by Crippen LogP contribution is 2.26. The van der Waals surface area contributed by atoms with Gasteiger partial charge in [-0.3, -0.25) is 4.79 Å². The van der Waals surface area contributed by atoms with Crippen molar-refractivity contribution in [2.24, 2.45) is 5.92 Å². The summed E-state index contributed by atoms with van der Waals surface area (Å²) < 4.78 is 10.1. The van der Waals surface area contributed by atoms with Gasteiger partial charge in [-0.1, -0.05) is 6.42 Å². The van der Waals surface area contributed by atoms with Crippen molar-refractivity contribution in [3.8, 4) is 0 Å². The van der Waals surface area contributed by atoms with Gasteiger partial charge in [0.25, 0.3) is 0 Å². The van der Waals surface area contributed by atoms with Crippen LogP contribution in [-0.2, 0) is 14.3 Å². The minimum Gasteiger partial charge on any atom is -0.444 e. The Balaban J connectivity index is 2.50. The van der Waals surface area contributed by atoms with E-state index in [0.29, 0.717) is 0 Å². The summed E-state index contributed by atoms with van der Waals surface area (Å²) in [5, 5.41) is 2.79. The smallest absolute Gasteiger partial charge is 0.407 e. The molecule has 0 aliphatic heterocycles. The zero-order chi connectivity index (χ0) is 13.8. The Kier molecular flexibility index (Phi) is 5.14. The molecule has 0 aromatic heterocycles. The predicted octanol–water partition coefficient (Wildman–Crippen LogP) is 1.90. The molecule has 1 rings (SSSR count). The second kappa shape index (κ2) is 6.18. The fourth-order valence-corrected chi connectivity index (χ4v) is 2.23. The Morgan fingerprint density at radius 1 is 1.28 bits per heavy atom. The molecule has 0 radical (unpaired) electrons. The Morgan fingerprint density at radius 3 is 2.50 bits per heavy atom. The lowest BCUT2D eigenvalue weighted by molar-refractivity contribution is -0.126. The fourth-order valence-electron chi connectivity index (χ4n) is 2.23. The van der Waals surface area contributed by atoms with Crippen LogP contribution in [0.2, 0.25) is 0 Å². The van der Waals surface area contributed by atoms with Crippen molar-refractivity contribution < 1.29 is 19.1 Å². The van der Waals surface area contributed by atoms with Crippen molar-refractivity contribution >= 4 is 11.9 Å². The summed E-state index contributed by atoms with van der Waals surface area (Å²) in [6.07, 6.45) is 2.12. The quantitative estimate of drug-likeness (QED) is 0.835. The van der Waals surface area contributed by atoms with Gasteiger partial charge in [0, 0.05) is 19.1 Å². The molecule has 18 heavy (non-hydrogen) atoms. The van der Waals surface area contributed by atoms with Crippen molar-refractivity contribution in [3.63, 3.8) is 0 Å². The predicted molar refractivity (Wildman–Crippen MR) is 67.4 cm³/mol. The van der Waals surface area contributed by atoms with Gasteiger partial charge in [-0.15, -0.1) is 0 Å². The summed E-state index contributed by atoms with van der Waals surface area (Å²) in [6.45, 7) is 5.55. The van der Waals surface area contributed by atoms with Crippen molar-refractivity contribution in [3.05, 3.63) is 0 Å². The molecular weight excluding hydrogens is 234 g/mol. The van der Waals surface area contributed by atoms with E-state index in [-0.39, 0.29) is 24.3 Å². The van der Waals surface area contributed by atoms with Crippen molar-refractivity contribution in [1.82, 2.24) is 5.32 Å².